The van der Waals surface area contributed by atoms with Gasteiger partial charge in [-0.2, -0.15) is 13.2 Å². The third-order valence-electron chi connectivity index (χ3n) is 4.95. The Hall–Kier alpha value is -1.76. The van der Waals surface area contributed by atoms with Gasteiger partial charge in [0.25, 0.3) is 11.8 Å². The van der Waals surface area contributed by atoms with Gasteiger partial charge in [-0.3, -0.25) is 4.79 Å². The normalized spacial score (nSPS) is 21.1. The Balaban J connectivity index is 1.82. The van der Waals surface area contributed by atoms with E-state index in [1.807, 2.05) is 22.6 Å². The van der Waals surface area contributed by atoms with E-state index < -0.39 is 48.5 Å². The first-order valence-electron chi connectivity index (χ1n) is 9.14. The number of alkyl halides is 5. The van der Waals surface area contributed by atoms with E-state index in [1.54, 1.807) is 19.1 Å². The highest BCUT2D eigenvalue weighted by atomic mass is 127. The Labute approximate surface area is 193 Å². The number of aromatic nitrogens is 2. The number of piperidine rings is 1. The van der Waals surface area contributed by atoms with Crippen LogP contribution in [0.1, 0.15) is 29.3 Å². The zero-order valence-corrected chi connectivity index (χ0v) is 19.0. The number of nitrogens with zero attached hydrogens (tertiary/aromatic N) is 3. The van der Waals surface area contributed by atoms with Gasteiger partial charge in [-0.05, 0) is 46.7 Å². The predicted molar refractivity (Wildman–Crippen MR) is 113 cm³/mol. The molecule has 1 N–H and O–H groups in total. The lowest BCUT2D eigenvalue weighted by molar-refractivity contribution is -0.138. The van der Waals surface area contributed by atoms with Gasteiger partial charge in [-0.15, -0.1) is 0 Å². The number of carbonyl (C=O) groups is 1. The van der Waals surface area contributed by atoms with Gasteiger partial charge in [0.05, 0.1) is 23.7 Å². The van der Waals surface area contributed by atoms with E-state index in [0.29, 0.717) is 21.0 Å². The van der Waals surface area contributed by atoms with E-state index in [-0.39, 0.29) is 18.1 Å². The van der Waals surface area contributed by atoms with Crippen molar-refractivity contribution in [2.75, 3.05) is 18.4 Å². The fraction of sp³-hybridized carbons (Fsp3) is 0.421. The van der Waals surface area contributed by atoms with Crippen LogP contribution in [0.5, 0.6) is 0 Å². The van der Waals surface area contributed by atoms with Crippen LogP contribution in [-0.2, 0) is 6.18 Å². The maximum Gasteiger partial charge on any atom is 0.419 e. The van der Waals surface area contributed by atoms with Gasteiger partial charge in [0.15, 0.2) is 0 Å². The summed E-state index contributed by atoms with van der Waals surface area (Å²) in [4.78, 5) is 21.5. The highest BCUT2D eigenvalue weighted by molar-refractivity contribution is 14.1. The lowest BCUT2D eigenvalue weighted by Gasteiger charge is -2.43. The molecular formula is C19H17ClF5IN4O. The maximum atomic E-state index is 14.3. The topological polar surface area (TPSA) is 58.1 Å². The van der Waals surface area contributed by atoms with Gasteiger partial charge in [0.1, 0.15) is 0 Å². The van der Waals surface area contributed by atoms with Crippen molar-refractivity contribution in [1.82, 2.24) is 14.9 Å². The van der Waals surface area contributed by atoms with Crippen molar-refractivity contribution in [3.05, 3.63) is 50.3 Å². The molecule has 1 aliphatic rings. The van der Waals surface area contributed by atoms with Gasteiger partial charge in [-0.25, -0.2) is 18.7 Å². The summed E-state index contributed by atoms with van der Waals surface area (Å²) in [6.07, 6.45) is -3.74. The van der Waals surface area contributed by atoms with Gasteiger partial charge in [0.2, 0.25) is 5.95 Å². The fourth-order valence-electron chi connectivity index (χ4n) is 3.46. The lowest BCUT2D eigenvalue weighted by Crippen LogP contribution is -2.57. The number of hydrogen-bond donors (Lipinski definition) is 1. The van der Waals surface area contributed by atoms with Crippen molar-refractivity contribution in [2.45, 2.75) is 31.5 Å². The second-order valence-electron chi connectivity index (χ2n) is 7.34. The van der Waals surface area contributed by atoms with Gasteiger partial charge >= 0.3 is 6.18 Å². The first kappa shape index (κ1) is 23.9. The summed E-state index contributed by atoms with van der Waals surface area (Å²) in [6.45, 7) is 0.806. The molecule has 1 aromatic carbocycles. The van der Waals surface area contributed by atoms with Crippen LogP contribution in [0.4, 0.5) is 27.9 Å². The number of rotatable bonds is 4. The number of likely N-dealkylation sites (tertiary alicyclic amines) is 1. The van der Waals surface area contributed by atoms with Crippen LogP contribution in [0.15, 0.2) is 30.6 Å². The summed E-state index contributed by atoms with van der Waals surface area (Å²) >= 11 is 7.90. The summed E-state index contributed by atoms with van der Waals surface area (Å²) in [6, 6.07) is 3.97. The number of anilines is 1. The minimum Gasteiger partial charge on any atom is -0.352 e. The van der Waals surface area contributed by atoms with Crippen molar-refractivity contribution in [3.63, 3.8) is 0 Å². The number of carbonyl (C=O) groups excluding carboxylic acids is 1. The number of nitrogens with one attached hydrogen (secondary N) is 1. The molecule has 1 aliphatic heterocycles. The smallest absolute Gasteiger partial charge is 0.352 e. The van der Waals surface area contributed by atoms with E-state index >= 15 is 0 Å². The van der Waals surface area contributed by atoms with Gasteiger partial charge < -0.3 is 10.2 Å². The standard InChI is InChI=1S/C19H17ClF5IN4O/c1-10-5-18(21,22)9-30(16(31)13-4-12(20)2-3-14(13)26)15(10)8-29-17-27-6-11(7-28-17)19(23,24)25/h2-4,6-7,10,15H,5,8-9H2,1H3,(H,27,28,29)/t10-,15-/m1/s1. The largest absolute Gasteiger partial charge is 0.419 e. The van der Waals surface area contributed by atoms with Crippen LogP contribution >= 0.6 is 34.2 Å². The Kier molecular flexibility index (Phi) is 6.94. The van der Waals surface area contributed by atoms with E-state index in [4.69, 9.17) is 11.6 Å². The van der Waals surface area contributed by atoms with E-state index in [1.165, 1.54) is 6.07 Å². The molecule has 0 aliphatic carbocycles. The molecule has 3 rings (SSSR count). The quantitative estimate of drug-likeness (QED) is 0.395. The third-order valence-corrected chi connectivity index (χ3v) is 6.12. The molecule has 12 heteroatoms. The Morgan fingerprint density at radius 2 is 1.97 bits per heavy atom. The lowest BCUT2D eigenvalue weighted by atomic mass is 9.88. The second kappa shape index (κ2) is 9.00. The number of benzene rings is 1. The van der Waals surface area contributed by atoms with E-state index in [2.05, 4.69) is 15.3 Å². The number of halogens is 7. The predicted octanol–water partition coefficient (Wildman–Crippen LogP) is 5.35. The summed E-state index contributed by atoms with van der Waals surface area (Å²) < 4.78 is 67.1. The molecule has 1 amide bonds. The zero-order chi connectivity index (χ0) is 23.0. The molecule has 1 fully saturated rings. The van der Waals surface area contributed by atoms with Crippen molar-refractivity contribution in [1.29, 1.82) is 0 Å². The molecule has 5 nitrogen and oxygen atoms in total. The van der Waals surface area contributed by atoms with Crippen LogP contribution in [0, 0.1) is 9.49 Å². The van der Waals surface area contributed by atoms with E-state index in [9.17, 15) is 26.7 Å². The average molecular weight is 575 g/mol. The Bertz CT molecular complexity index is 957. The number of amides is 1. The molecule has 0 saturated carbocycles. The minimum absolute atomic E-state index is 0.00844. The third kappa shape index (κ3) is 5.73. The number of hydrogen-bond acceptors (Lipinski definition) is 4. The molecule has 1 aromatic heterocycles. The highest BCUT2D eigenvalue weighted by Crippen LogP contribution is 2.36. The SMILES string of the molecule is C[C@@H]1CC(F)(F)CN(C(=O)c2cc(Cl)ccc2I)[C@@H]1CNc1ncc(C(F)(F)F)cn1. The summed E-state index contributed by atoms with van der Waals surface area (Å²) in [5.41, 5.74) is -0.801. The molecule has 31 heavy (non-hydrogen) atoms. The molecule has 0 spiro atoms. The van der Waals surface area contributed by atoms with E-state index in [0.717, 1.165) is 4.90 Å². The van der Waals surface area contributed by atoms with Crippen molar-refractivity contribution in [3.8, 4) is 0 Å². The van der Waals surface area contributed by atoms with Crippen molar-refractivity contribution >= 4 is 46.0 Å². The van der Waals surface area contributed by atoms with Crippen LogP contribution in [-0.4, -0.2) is 45.8 Å². The second-order valence-corrected chi connectivity index (χ2v) is 8.93. The van der Waals surface area contributed by atoms with Crippen LogP contribution in [0.25, 0.3) is 0 Å². The molecule has 2 heterocycles. The molecule has 0 radical (unpaired) electrons. The highest BCUT2D eigenvalue weighted by Gasteiger charge is 2.46. The van der Waals surface area contributed by atoms with Crippen molar-refractivity contribution < 1.29 is 26.7 Å². The first-order valence-corrected chi connectivity index (χ1v) is 10.6. The fourth-order valence-corrected chi connectivity index (χ4v) is 4.20. The van der Waals surface area contributed by atoms with Crippen LogP contribution in [0.3, 0.4) is 0 Å². The first-order chi connectivity index (χ1) is 14.4. The summed E-state index contributed by atoms with van der Waals surface area (Å²) in [7, 11) is 0. The zero-order valence-electron chi connectivity index (χ0n) is 16.1. The average Bonchev–Trinajstić information content (AvgIpc) is 2.67. The van der Waals surface area contributed by atoms with Crippen LogP contribution < -0.4 is 5.32 Å². The van der Waals surface area contributed by atoms with Crippen molar-refractivity contribution in [2.24, 2.45) is 5.92 Å². The van der Waals surface area contributed by atoms with Gasteiger partial charge in [0, 0.05) is 34.0 Å². The maximum absolute atomic E-state index is 14.3. The summed E-state index contributed by atoms with van der Waals surface area (Å²) in [5, 5.41) is 3.06. The Morgan fingerprint density at radius 1 is 1.32 bits per heavy atom. The Morgan fingerprint density at radius 3 is 2.58 bits per heavy atom. The van der Waals surface area contributed by atoms with Crippen LogP contribution in [0.2, 0.25) is 5.02 Å². The molecule has 2 atom stereocenters. The molecule has 0 unspecified atom stereocenters. The molecule has 168 valence electrons. The monoisotopic (exact) mass is 574 g/mol. The molecular weight excluding hydrogens is 558 g/mol. The minimum atomic E-state index is -4.57. The summed E-state index contributed by atoms with van der Waals surface area (Å²) in [5.74, 6) is -4.35. The molecule has 0 bridgehead atoms. The van der Waals surface area contributed by atoms with Gasteiger partial charge in [-0.1, -0.05) is 18.5 Å². The molecule has 1 saturated heterocycles. The molecule has 2 aromatic rings.